The molecule has 0 spiro atoms. The van der Waals surface area contributed by atoms with E-state index < -0.39 is 0 Å². The number of carbonyl (C=O) groups is 1. The van der Waals surface area contributed by atoms with Crippen molar-refractivity contribution in [1.29, 1.82) is 0 Å². The third kappa shape index (κ3) is 3.33. The van der Waals surface area contributed by atoms with Gasteiger partial charge in [0.05, 0.1) is 18.7 Å². The maximum atomic E-state index is 12.3. The lowest BCUT2D eigenvalue weighted by molar-refractivity contribution is -0.122. The highest BCUT2D eigenvalue weighted by atomic mass is 32.1. The minimum absolute atomic E-state index is 0.0311. The molecule has 2 aromatic rings. The van der Waals surface area contributed by atoms with Crippen LogP contribution in [0.2, 0.25) is 0 Å². The average Bonchev–Trinajstić information content (AvgIpc) is 3.23. The number of aliphatic hydroxyl groups excluding tert-OH is 1. The Morgan fingerprint density at radius 2 is 2.43 bits per heavy atom. The number of carbonyl (C=O) groups excluding carboxylic acids is 1. The predicted molar refractivity (Wildman–Crippen MR) is 89.2 cm³/mol. The van der Waals surface area contributed by atoms with E-state index in [0.29, 0.717) is 17.3 Å². The molecule has 0 aromatic carbocycles. The Hall–Kier alpha value is -1.66. The smallest absolute Gasteiger partial charge is 0.227 e. The molecule has 0 aliphatic heterocycles. The van der Waals surface area contributed by atoms with E-state index in [4.69, 9.17) is 4.42 Å². The summed E-state index contributed by atoms with van der Waals surface area (Å²) in [5, 5.41) is 16.6. The van der Waals surface area contributed by atoms with Gasteiger partial charge >= 0.3 is 0 Å². The van der Waals surface area contributed by atoms with Gasteiger partial charge in [-0.2, -0.15) is 11.3 Å². The van der Waals surface area contributed by atoms with E-state index in [-0.39, 0.29) is 30.4 Å². The van der Waals surface area contributed by atoms with Crippen molar-refractivity contribution in [1.82, 2.24) is 10.3 Å². The first-order chi connectivity index (χ1) is 11.0. The predicted octanol–water partition coefficient (Wildman–Crippen LogP) is 2.92. The summed E-state index contributed by atoms with van der Waals surface area (Å²) in [4.78, 5) is 16.8. The van der Waals surface area contributed by atoms with Crippen LogP contribution in [-0.2, 0) is 11.2 Å². The highest BCUT2D eigenvalue weighted by molar-refractivity contribution is 7.08. The minimum atomic E-state index is -0.212. The number of hydrogen-bond donors (Lipinski definition) is 2. The van der Waals surface area contributed by atoms with Crippen LogP contribution in [0.3, 0.4) is 0 Å². The highest BCUT2D eigenvalue weighted by Gasteiger charge is 2.39. The lowest BCUT2D eigenvalue weighted by Gasteiger charge is -2.30. The third-order valence-electron chi connectivity index (χ3n) is 4.77. The number of oxazole rings is 1. The van der Waals surface area contributed by atoms with E-state index in [1.54, 1.807) is 11.3 Å². The standard InChI is InChI=1S/C17H22N2O3S/c1-11-13(18-16(22-11)12-5-7-23-9-12)8-15(21)19-14-4-3-6-17(14,2)10-20/h5,7,9,14,20H,3-4,6,8,10H2,1-2H3,(H,19,21). The maximum absolute atomic E-state index is 12.3. The zero-order valence-corrected chi connectivity index (χ0v) is 14.3. The first-order valence-corrected chi connectivity index (χ1v) is 8.85. The third-order valence-corrected chi connectivity index (χ3v) is 5.45. The van der Waals surface area contributed by atoms with Crippen molar-refractivity contribution in [3.63, 3.8) is 0 Å². The molecule has 1 amide bonds. The summed E-state index contributed by atoms with van der Waals surface area (Å²) in [6.07, 6.45) is 3.10. The first-order valence-electron chi connectivity index (χ1n) is 7.91. The van der Waals surface area contributed by atoms with Crippen LogP contribution in [-0.4, -0.2) is 28.6 Å². The fourth-order valence-electron chi connectivity index (χ4n) is 3.17. The molecule has 0 radical (unpaired) electrons. The monoisotopic (exact) mass is 334 g/mol. The highest BCUT2D eigenvalue weighted by Crippen LogP contribution is 2.37. The van der Waals surface area contributed by atoms with E-state index in [9.17, 15) is 9.90 Å². The second-order valence-electron chi connectivity index (χ2n) is 6.54. The van der Waals surface area contributed by atoms with Crippen LogP contribution in [0.15, 0.2) is 21.2 Å². The van der Waals surface area contributed by atoms with Crippen LogP contribution >= 0.6 is 11.3 Å². The van der Waals surface area contributed by atoms with Crippen molar-refractivity contribution in [3.8, 4) is 11.5 Å². The molecule has 2 aromatic heterocycles. The quantitative estimate of drug-likeness (QED) is 0.881. The number of aromatic nitrogens is 1. The van der Waals surface area contributed by atoms with E-state index in [1.165, 1.54) is 0 Å². The number of nitrogens with one attached hydrogen (secondary N) is 1. The van der Waals surface area contributed by atoms with Gasteiger partial charge in [0, 0.05) is 22.4 Å². The molecule has 2 N–H and O–H groups in total. The van der Waals surface area contributed by atoms with Crippen molar-refractivity contribution in [3.05, 3.63) is 28.3 Å². The van der Waals surface area contributed by atoms with Gasteiger partial charge in [-0.3, -0.25) is 4.79 Å². The van der Waals surface area contributed by atoms with Gasteiger partial charge in [-0.05, 0) is 31.2 Å². The molecule has 23 heavy (non-hydrogen) atoms. The summed E-state index contributed by atoms with van der Waals surface area (Å²) in [7, 11) is 0. The Morgan fingerprint density at radius 3 is 3.13 bits per heavy atom. The number of aryl methyl sites for hydroxylation is 1. The molecule has 2 heterocycles. The van der Waals surface area contributed by atoms with Crippen molar-refractivity contribution in [2.24, 2.45) is 5.41 Å². The Labute approximate surface area is 139 Å². The number of aliphatic hydroxyl groups is 1. The fraction of sp³-hybridized carbons (Fsp3) is 0.529. The average molecular weight is 334 g/mol. The van der Waals surface area contributed by atoms with Crippen LogP contribution in [0.4, 0.5) is 0 Å². The van der Waals surface area contributed by atoms with Crippen molar-refractivity contribution in [2.75, 3.05) is 6.61 Å². The van der Waals surface area contributed by atoms with E-state index in [1.807, 2.05) is 30.7 Å². The van der Waals surface area contributed by atoms with Crippen LogP contribution < -0.4 is 5.32 Å². The summed E-state index contributed by atoms with van der Waals surface area (Å²) >= 11 is 1.58. The largest absolute Gasteiger partial charge is 0.441 e. The summed E-state index contributed by atoms with van der Waals surface area (Å²) in [6.45, 7) is 3.96. The number of amides is 1. The molecular weight excluding hydrogens is 312 g/mol. The number of hydrogen-bond acceptors (Lipinski definition) is 5. The molecule has 6 heteroatoms. The molecule has 3 rings (SSSR count). The normalized spacial score (nSPS) is 24.0. The summed E-state index contributed by atoms with van der Waals surface area (Å²) < 4.78 is 5.67. The summed E-state index contributed by atoms with van der Waals surface area (Å²) in [5.74, 6) is 1.18. The van der Waals surface area contributed by atoms with Crippen molar-refractivity contribution >= 4 is 17.2 Å². The van der Waals surface area contributed by atoms with Gasteiger partial charge in [-0.15, -0.1) is 0 Å². The van der Waals surface area contributed by atoms with Crippen LogP contribution in [0.5, 0.6) is 0 Å². The molecule has 1 fully saturated rings. The zero-order chi connectivity index (χ0) is 16.4. The fourth-order valence-corrected chi connectivity index (χ4v) is 3.80. The van der Waals surface area contributed by atoms with Crippen LogP contribution in [0.25, 0.3) is 11.5 Å². The van der Waals surface area contributed by atoms with Crippen molar-refractivity contribution < 1.29 is 14.3 Å². The molecule has 1 aliphatic carbocycles. The number of rotatable bonds is 5. The topological polar surface area (TPSA) is 75.4 Å². The lowest BCUT2D eigenvalue weighted by Crippen LogP contribution is -2.45. The van der Waals surface area contributed by atoms with Gasteiger partial charge < -0.3 is 14.8 Å². The van der Waals surface area contributed by atoms with Gasteiger partial charge in [-0.25, -0.2) is 4.98 Å². The second-order valence-corrected chi connectivity index (χ2v) is 7.32. The van der Waals surface area contributed by atoms with E-state index in [2.05, 4.69) is 10.3 Å². The lowest BCUT2D eigenvalue weighted by atomic mass is 9.86. The molecule has 1 saturated carbocycles. The van der Waals surface area contributed by atoms with Gasteiger partial charge in [0.15, 0.2) is 0 Å². The van der Waals surface area contributed by atoms with Gasteiger partial charge in [0.1, 0.15) is 5.76 Å². The molecular formula is C17H22N2O3S. The van der Waals surface area contributed by atoms with Crippen LogP contribution in [0.1, 0.15) is 37.6 Å². The molecule has 2 unspecified atom stereocenters. The van der Waals surface area contributed by atoms with Crippen molar-refractivity contribution in [2.45, 2.75) is 45.6 Å². The van der Waals surface area contributed by atoms with Gasteiger partial charge in [0.2, 0.25) is 11.8 Å². The molecule has 0 saturated heterocycles. The summed E-state index contributed by atoms with van der Waals surface area (Å²) in [6, 6.07) is 1.98. The molecule has 0 bridgehead atoms. The summed E-state index contributed by atoms with van der Waals surface area (Å²) in [5.41, 5.74) is 1.40. The van der Waals surface area contributed by atoms with Gasteiger partial charge in [0.25, 0.3) is 0 Å². The minimum Gasteiger partial charge on any atom is -0.441 e. The number of thiophene rings is 1. The van der Waals surface area contributed by atoms with E-state index in [0.717, 1.165) is 24.8 Å². The first kappa shape index (κ1) is 16.2. The van der Waals surface area contributed by atoms with E-state index >= 15 is 0 Å². The Morgan fingerprint density at radius 1 is 1.61 bits per heavy atom. The Kier molecular flexibility index (Phi) is 4.55. The Bertz CT molecular complexity index is 680. The molecule has 1 aliphatic rings. The van der Waals surface area contributed by atoms with Gasteiger partial charge in [-0.1, -0.05) is 13.3 Å². The molecule has 5 nitrogen and oxygen atoms in total. The Balaban J connectivity index is 1.67. The second kappa shape index (κ2) is 6.45. The van der Waals surface area contributed by atoms with Crippen LogP contribution in [0, 0.1) is 12.3 Å². The zero-order valence-electron chi connectivity index (χ0n) is 13.5. The molecule has 124 valence electrons. The SMILES string of the molecule is Cc1oc(-c2ccsc2)nc1CC(=O)NC1CCCC1(C)CO. The number of nitrogens with zero attached hydrogens (tertiary/aromatic N) is 1. The molecule has 2 atom stereocenters. The maximum Gasteiger partial charge on any atom is 0.227 e.